The fourth-order valence-electron chi connectivity index (χ4n) is 2.32. The van der Waals surface area contributed by atoms with Crippen LogP contribution in [0.3, 0.4) is 0 Å². The van der Waals surface area contributed by atoms with Crippen molar-refractivity contribution in [1.82, 2.24) is 4.31 Å². The number of carbonyl (C=O) groups is 1. The van der Waals surface area contributed by atoms with Gasteiger partial charge in [-0.25, -0.2) is 12.8 Å². The standard InChI is InChI=1S/C18H19FN2O3S/c1-13-6-8-14(9-7-13)10-11-25(23,24)21(2)17(18(20)22)15-4-3-5-16(19)12-15/h3-12,17H,1-2H3,(H2,20,22)/b11-10+. The van der Waals surface area contributed by atoms with Gasteiger partial charge in [0.1, 0.15) is 11.9 Å². The normalized spacial score (nSPS) is 13.3. The summed E-state index contributed by atoms with van der Waals surface area (Å²) in [5.74, 6) is -1.47. The van der Waals surface area contributed by atoms with E-state index in [1.807, 2.05) is 19.1 Å². The van der Waals surface area contributed by atoms with Crippen LogP contribution in [-0.4, -0.2) is 25.7 Å². The number of halogens is 1. The van der Waals surface area contributed by atoms with Crippen molar-refractivity contribution in [2.24, 2.45) is 5.73 Å². The van der Waals surface area contributed by atoms with Crippen LogP contribution >= 0.6 is 0 Å². The highest BCUT2D eigenvalue weighted by atomic mass is 32.2. The largest absolute Gasteiger partial charge is 0.368 e. The number of hydrogen-bond acceptors (Lipinski definition) is 3. The monoisotopic (exact) mass is 362 g/mol. The Labute approximate surface area is 146 Å². The van der Waals surface area contributed by atoms with Gasteiger partial charge in [0.05, 0.1) is 0 Å². The van der Waals surface area contributed by atoms with Crippen molar-refractivity contribution >= 4 is 22.0 Å². The minimum atomic E-state index is -3.94. The molecule has 0 aromatic heterocycles. The number of likely N-dealkylation sites (N-methyl/N-ethyl adjacent to an activating group) is 1. The van der Waals surface area contributed by atoms with Crippen LogP contribution in [0.15, 0.2) is 53.9 Å². The van der Waals surface area contributed by atoms with Crippen LogP contribution in [0, 0.1) is 12.7 Å². The average molecular weight is 362 g/mol. The van der Waals surface area contributed by atoms with Gasteiger partial charge >= 0.3 is 0 Å². The van der Waals surface area contributed by atoms with E-state index in [9.17, 15) is 17.6 Å². The number of nitrogens with zero attached hydrogens (tertiary/aromatic N) is 1. The van der Waals surface area contributed by atoms with Crippen LogP contribution in [0.2, 0.25) is 0 Å². The molecule has 1 unspecified atom stereocenters. The zero-order valence-corrected chi connectivity index (χ0v) is 14.7. The number of rotatable bonds is 6. The van der Waals surface area contributed by atoms with E-state index in [1.165, 1.54) is 31.3 Å². The summed E-state index contributed by atoms with van der Waals surface area (Å²) < 4.78 is 39.3. The molecule has 0 aliphatic rings. The van der Waals surface area contributed by atoms with E-state index in [0.717, 1.165) is 21.3 Å². The lowest BCUT2D eigenvalue weighted by Crippen LogP contribution is -2.38. The van der Waals surface area contributed by atoms with Gasteiger partial charge < -0.3 is 5.73 Å². The van der Waals surface area contributed by atoms with E-state index < -0.39 is 27.8 Å². The van der Waals surface area contributed by atoms with Gasteiger partial charge in [-0.2, -0.15) is 4.31 Å². The second-order valence-corrected chi connectivity index (χ2v) is 7.51. The molecule has 0 saturated carbocycles. The highest BCUT2D eigenvalue weighted by Gasteiger charge is 2.30. The molecule has 132 valence electrons. The Hall–Kier alpha value is -2.51. The first kappa shape index (κ1) is 18.8. The lowest BCUT2D eigenvalue weighted by molar-refractivity contribution is -0.121. The van der Waals surface area contributed by atoms with Crippen LogP contribution in [0.5, 0.6) is 0 Å². The molecule has 0 bridgehead atoms. The zero-order chi connectivity index (χ0) is 18.6. The van der Waals surface area contributed by atoms with E-state index in [1.54, 1.807) is 12.1 Å². The topological polar surface area (TPSA) is 80.5 Å². The summed E-state index contributed by atoms with van der Waals surface area (Å²) in [6, 6.07) is 11.1. The first-order valence-electron chi connectivity index (χ1n) is 7.48. The number of hydrogen-bond donors (Lipinski definition) is 1. The van der Waals surface area contributed by atoms with E-state index >= 15 is 0 Å². The molecule has 2 N–H and O–H groups in total. The maximum absolute atomic E-state index is 13.4. The fourth-order valence-corrected chi connectivity index (χ4v) is 3.36. The number of aryl methyl sites for hydroxylation is 1. The molecule has 0 radical (unpaired) electrons. The molecule has 7 heteroatoms. The molecule has 1 amide bonds. The van der Waals surface area contributed by atoms with Gasteiger partial charge in [0, 0.05) is 12.5 Å². The molecule has 2 aromatic rings. The molecule has 0 spiro atoms. The van der Waals surface area contributed by atoms with Gasteiger partial charge in [-0.1, -0.05) is 42.0 Å². The number of carbonyl (C=O) groups excluding carboxylic acids is 1. The van der Waals surface area contributed by atoms with Crippen molar-refractivity contribution in [2.75, 3.05) is 7.05 Å². The minimum absolute atomic E-state index is 0.169. The maximum atomic E-state index is 13.4. The molecule has 1 atom stereocenters. The Morgan fingerprint density at radius 3 is 2.40 bits per heavy atom. The molecule has 0 aliphatic heterocycles. The Balaban J connectivity index is 2.32. The summed E-state index contributed by atoms with van der Waals surface area (Å²) in [6.45, 7) is 1.93. The molecule has 0 saturated heterocycles. The fraction of sp³-hybridized carbons (Fsp3) is 0.167. The maximum Gasteiger partial charge on any atom is 0.240 e. The smallest absolute Gasteiger partial charge is 0.240 e. The summed E-state index contributed by atoms with van der Waals surface area (Å²) in [6.07, 6.45) is 1.43. The summed E-state index contributed by atoms with van der Waals surface area (Å²) >= 11 is 0. The van der Waals surface area contributed by atoms with E-state index in [4.69, 9.17) is 5.73 Å². The zero-order valence-electron chi connectivity index (χ0n) is 13.9. The van der Waals surface area contributed by atoms with Crippen LogP contribution in [0.1, 0.15) is 22.7 Å². The predicted molar refractivity (Wildman–Crippen MR) is 95.2 cm³/mol. The minimum Gasteiger partial charge on any atom is -0.368 e. The van der Waals surface area contributed by atoms with Crippen molar-refractivity contribution in [3.8, 4) is 0 Å². The van der Waals surface area contributed by atoms with Gasteiger partial charge in [-0.05, 0) is 36.3 Å². The number of amides is 1. The summed E-state index contributed by atoms with van der Waals surface area (Å²) in [7, 11) is -2.71. The van der Waals surface area contributed by atoms with E-state index in [-0.39, 0.29) is 5.56 Å². The predicted octanol–water partition coefficient (Wildman–Crippen LogP) is 2.59. The summed E-state index contributed by atoms with van der Waals surface area (Å²) in [4.78, 5) is 11.8. The molecular formula is C18H19FN2O3S. The summed E-state index contributed by atoms with van der Waals surface area (Å²) in [5, 5.41) is 0.993. The third kappa shape index (κ3) is 4.74. The average Bonchev–Trinajstić information content (AvgIpc) is 2.54. The van der Waals surface area contributed by atoms with E-state index in [2.05, 4.69) is 0 Å². The molecular weight excluding hydrogens is 343 g/mol. The summed E-state index contributed by atoms with van der Waals surface area (Å²) in [5.41, 5.74) is 7.27. The third-order valence-electron chi connectivity index (χ3n) is 3.71. The molecule has 25 heavy (non-hydrogen) atoms. The lowest BCUT2D eigenvalue weighted by Gasteiger charge is -2.24. The Morgan fingerprint density at radius 1 is 1.20 bits per heavy atom. The van der Waals surface area contributed by atoms with Crippen LogP contribution < -0.4 is 5.73 Å². The number of sulfonamides is 1. The quantitative estimate of drug-likeness (QED) is 0.858. The number of nitrogens with two attached hydrogens (primary N) is 1. The van der Waals surface area contributed by atoms with Gasteiger partial charge in [0.25, 0.3) is 0 Å². The van der Waals surface area contributed by atoms with Crippen molar-refractivity contribution in [1.29, 1.82) is 0 Å². The third-order valence-corrected chi connectivity index (χ3v) is 5.20. The number of primary amides is 1. The Bertz CT molecular complexity index is 893. The molecule has 5 nitrogen and oxygen atoms in total. The highest BCUT2D eigenvalue weighted by molar-refractivity contribution is 7.92. The van der Waals surface area contributed by atoms with Gasteiger partial charge in [0.15, 0.2) is 0 Å². The molecule has 2 rings (SSSR count). The second-order valence-electron chi connectivity index (χ2n) is 5.63. The first-order chi connectivity index (χ1) is 11.7. The molecule has 2 aromatic carbocycles. The van der Waals surface area contributed by atoms with E-state index in [0.29, 0.717) is 5.56 Å². The highest BCUT2D eigenvalue weighted by Crippen LogP contribution is 2.23. The molecule has 0 aliphatic carbocycles. The molecule has 0 fully saturated rings. The van der Waals surface area contributed by atoms with Gasteiger partial charge in [-0.15, -0.1) is 0 Å². The Kier molecular flexibility index (Phi) is 5.71. The molecule has 0 heterocycles. The lowest BCUT2D eigenvalue weighted by atomic mass is 10.1. The van der Waals surface area contributed by atoms with Crippen LogP contribution in [0.25, 0.3) is 6.08 Å². The SMILES string of the molecule is Cc1ccc(/C=C/S(=O)(=O)N(C)C(C(N)=O)c2cccc(F)c2)cc1. The first-order valence-corrected chi connectivity index (χ1v) is 8.98. The van der Waals surface area contributed by atoms with Crippen LogP contribution in [-0.2, 0) is 14.8 Å². The van der Waals surface area contributed by atoms with Gasteiger partial charge in [-0.3, -0.25) is 4.79 Å². The van der Waals surface area contributed by atoms with Crippen molar-refractivity contribution in [3.63, 3.8) is 0 Å². The number of benzene rings is 2. The van der Waals surface area contributed by atoms with Crippen molar-refractivity contribution < 1.29 is 17.6 Å². The van der Waals surface area contributed by atoms with Crippen molar-refractivity contribution in [3.05, 3.63) is 76.4 Å². The second kappa shape index (κ2) is 7.58. The van der Waals surface area contributed by atoms with Gasteiger partial charge in [0.2, 0.25) is 15.9 Å². The van der Waals surface area contributed by atoms with Crippen LogP contribution in [0.4, 0.5) is 4.39 Å². The Morgan fingerprint density at radius 2 is 1.84 bits per heavy atom. The van der Waals surface area contributed by atoms with Crippen molar-refractivity contribution in [2.45, 2.75) is 13.0 Å².